The molecule has 14 heavy (non-hydrogen) atoms. The van der Waals surface area contributed by atoms with Crippen LogP contribution in [-0.4, -0.2) is 12.9 Å². The van der Waals surface area contributed by atoms with Crippen molar-refractivity contribution < 1.29 is 18.3 Å². The number of ether oxygens (including phenoxy) is 1. The van der Waals surface area contributed by atoms with E-state index in [1.165, 1.54) is 12.1 Å². The van der Waals surface area contributed by atoms with E-state index in [9.17, 15) is 13.6 Å². The number of aldehydes is 1. The zero-order valence-electron chi connectivity index (χ0n) is 6.64. The molecule has 0 N–H and O–H groups in total. The molecule has 76 valence electrons. The number of carbonyl (C=O) groups is 1. The lowest BCUT2D eigenvalue weighted by Gasteiger charge is -2.08. The maximum absolute atomic E-state index is 11.9. The van der Waals surface area contributed by atoms with E-state index in [0.29, 0.717) is 10.8 Å². The predicted molar refractivity (Wildman–Crippen MR) is 53.9 cm³/mol. The highest BCUT2D eigenvalue weighted by Gasteiger charge is 2.13. The lowest BCUT2D eigenvalue weighted by molar-refractivity contribution is -0.0504. The Balaban J connectivity index is 3.14. The largest absolute Gasteiger partial charge is 0.434 e. The summed E-state index contributed by atoms with van der Waals surface area (Å²) in [4.78, 5) is 10.6. The van der Waals surface area contributed by atoms with Crippen LogP contribution in [0.15, 0.2) is 21.1 Å². The molecule has 0 amide bonds. The molecule has 1 aromatic rings. The average molecular weight is 330 g/mol. The van der Waals surface area contributed by atoms with Gasteiger partial charge in [-0.05, 0) is 28.1 Å². The normalized spacial score (nSPS) is 10.4. The Kier molecular flexibility index (Phi) is 4.00. The third-order valence-electron chi connectivity index (χ3n) is 1.43. The van der Waals surface area contributed by atoms with Crippen molar-refractivity contribution in [3.05, 3.63) is 26.6 Å². The summed E-state index contributed by atoms with van der Waals surface area (Å²) in [6.07, 6.45) is 0.548. The summed E-state index contributed by atoms with van der Waals surface area (Å²) in [6.45, 7) is -2.91. The second-order valence-corrected chi connectivity index (χ2v) is 3.92. The first-order chi connectivity index (χ1) is 6.56. The van der Waals surface area contributed by atoms with E-state index in [1.807, 2.05) is 0 Å². The predicted octanol–water partition coefficient (Wildman–Crippen LogP) is 3.63. The molecule has 0 aromatic heterocycles. The molecule has 0 aliphatic heterocycles. The monoisotopic (exact) mass is 328 g/mol. The molecule has 0 aliphatic rings. The minimum Gasteiger partial charge on any atom is -0.434 e. The number of alkyl halides is 2. The Morgan fingerprint density at radius 1 is 1.36 bits per heavy atom. The van der Waals surface area contributed by atoms with Crippen LogP contribution in [0.25, 0.3) is 0 Å². The van der Waals surface area contributed by atoms with Gasteiger partial charge in [-0.3, -0.25) is 4.79 Å². The maximum atomic E-state index is 11.9. The molecule has 1 aromatic carbocycles. The highest BCUT2D eigenvalue weighted by Crippen LogP contribution is 2.33. The molecule has 0 unspecified atom stereocenters. The second-order valence-electron chi connectivity index (χ2n) is 2.27. The van der Waals surface area contributed by atoms with Gasteiger partial charge in [0.1, 0.15) is 5.75 Å². The molecule has 0 bridgehead atoms. The van der Waals surface area contributed by atoms with Gasteiger partial charge in [0.15, 0.2) is 6.29 Å². The number of hydrogen-bond acceptors (Lipinski definition) is 2. The van der Waals surface area contributed by atoms with E-state index in [4.69, 9.17) is 0 Å². The van der Waals surface area contributed by atoms with Gasteiger partial charge in [0, 0.05) is 10.0 Å². The van der Waals surface area contributed by atoms with Crippen molar-refractivity contribution in [3.8, 4) is 5.75 Å². The van der Waals surface area contributed by atoms with Gasteiger partial charge in [-0.2, -0.15) is 8.78 Å². The van der Waals surface area contributed by atoms with Crippen LogP contribution in [0.5, 0.6) is 5.75 Å². The van der Waals surface area contributed by atoms with E-state index >= 15 is 0 Å². The van der Waals surface area contributed by atoms with Crippen molar-refractivity contribution in [1.29, 1.82) is 0 Å². The summed E-state index contributed by atoms with van der Waals surface area (Å²) in [5.41, 5.74) is 0.239. The molecule has 0 fully saturated rings. The fourth-order valence-electron chi connectivity index (χ4n) is 0.844. The SMILES string of the molecule is O=Cc1c(Br)ccc(OC(F)F)c1Br. The molecule has 0 aliphatic carbocycles. The van der Waals surface area contributed by atoms with Gasteiger partial charge in [-0.1, -0.05) is 15.9 Å². The van der Waals surface area contributed by atoms with Crippen molar-refractivity contribution >= 4 is 38.1 Å². The van der Waals surface area contributed by atoms with Crippen LogP contribution < -0.4 is 4.74 Å². The first-order valence-corrected chi connectivity index (χ1v) is 5.03. The van der Waals surface area contributed by atoms with Crippen LogP contribution in [0.1, 0.15) is 10.4 Å². The van der Waals surface area contributed by atoms with E-state index in [0.717, 1.165) is 0 Å². The van der Waals surface area contributed by atoms with Gasteiger partial charge in [0.25, 0.3) is 0 Å². The molecule has 0 saturated heterocycles. The van der Waals surface area contributed by atoms with Gasteiger partial charge in [0.2, 0.25) is 0 Å². The molecule has 0 saturated carbocycles. The second kappa shape index (κ2) is 4.84. The third kappa shape index (κ3) is 2.51. The molecule has 0 atom stereocenters. The number of halogens is 4. The minimum absolute atomic E-state index is 0.0645. The minimum atomic E-state index is -2.91. The Hall–Kier alpha value is -0.490. The molecular weight excluding hydrogens is 326 g/mol. The van der Waals surface area contributed by atoms with Crippen LogP contribution in [0.4, 0.5) is 8.78 Å². The van der Waals surface area contributed by atoms with Gasteiger partial charge >= 0.3 is 6.61 Å². The lowest BCUT2D eigenvalue weighted by atomic mass is 10.2. The van der Waals surface area contributed by atoms with Crippen LogP contribution in [0.2, 0.25) is 0 Å². The van der Waals surface area contributed by atoms with E-state index in [-0.39, 0.29) is 15.8 Å². The standard InChI is InChI=1S/C8H4Br2F2O2/c9-5-1-2-6(14-8(11)12)7(10)4(5)3-13/h1-3,8H. The molecule has 0 heterocycles. The quantitative estimate of drug-likeness (QED) is 0.792. The molecule has 0 spiro atoms. The van der Waals surface area contributed by atoms with Crippen LogP contribution in [-0.2, 0) is 0 Å². The van der Waals surface area contributed by atoms with Crippen molar-refractivity contribution in [2.75, 3.05) is 0 Å². The van der Waals surface area contributed by atoms with Crippen molar-refractivity contribution in [1.82, 2.24) is 0 Å². The fourth-order valence-corrected chi connectivity index (χ4v) is 2.07. The fraction of sp³-hybridized carbons (Fsp3) is 0.125. The third-order valence-corrected chi connectivity index (χ3v) is 2.93. The van der Waals surface area contributed by atoms with E-state index < -0.39 is 6.61 Å². The Bertz CT molecular complexity index is 355. The van der Waals surface area contributed by atoms with Crippen LogP contribution in [0, 0.1) is 0 Å². The zero-order valence-corrected chi connectivity index (χ0v) is 9.81. The summed E-state index contributed by atoms with van der Waals surface area (Å²) in [6, 6.07) is 2.81. The van der Waals surface area contributed by atoms with Crippen LogP contribution >= 0.6 is 31.9 Å². The van der Waals surface area contributed by atoms with Crippen molar-refractivity contribution in [2.45, 2.75) is 6.61 Å². The first kappa shape index (κ1) is 11.6. The zero-order chi connectivity index (χ0) is 10.7. The lowest BCUT2D eigenvalue weighted by Crippen LogP contribution is -2.03. The number of benzene rings is 1. The van der Waals surface area contributed by atoms with E-state index in [2.05, 4.69) is 36.6 Å². The highest BCUT2D eigenvalue weighted by molar-refractivity contribution is 9.11. The number of carbonyl (C=O) groups excluding carboxylic acids is 1. The van der Waals surface area contributed by atoms with E-state index in [1.54, 1.807) is 0 Å². The van der Waals surface area contributed by atoms with Gasteiger partial charge in [0.05, 0.1) is 4.47 Å². The maximum Gasteiger partial charge on any atom is 0.387 e. The summed E-state index contributed by atoms with van der Waals surface area (Å²) in [7, 11) is 0. The van der Waals surface area contributed by atoms with Crippen molar-refractivity contribution in [3.63, 3.8) is 0 Å². The molecule has 2 nitrogen and oxygen atoms in total. The van der Waals surface area contributed by atoms with Gasteiger partial charge < -0.3 is 4.74 Å². The molecule has 6 heteroatoms. The molecule has 1 rings (SSSR count). The topological polar surface area (TPSA) is 26.3 Å². The highest BCUT2D eigenvalue weighted by atomic mass is 79.9. The number of hydrogen-bond donors (Lipinski definition) is 0. The van der Waals surface area contributed by atoms with Crippen molar-refractivity contribution in [2.24, 2.45) is 0 Å². The van der Waals surface area contributed by atoms with Crippen LogP contribution in [0.3, 0.4) is 0 Å². The summed E-state index contributed by atoms with van der Waals surface area (Å²) < 4.78 is 28.7. The summed E-state index contributed by atoms with van der Waals surface area (Å²) in [5, 5.41) is 0. The smallest absolute Gasteiger partial charge is 0.387 e. The first-order valence-electron chi connectivity index (χ1n) is 3.44. The number of rotatable bonds is 3. The molecule has 0 radical (unpaired) electrons. The molecular formula is C8H4Br2F2O2. The Labute approximate surface area is 95.5 Å². The average Bonchev–Trinajstić information content (AvgIpc) is 2.10. The summed E-state index contributed by atoms with van der Waals surface area (Å²) >= 11 is 6.10. The van der Waals surface area contributed by atoms with Gasteiger partial charge in [-0.15, -0.1) is 0 Å². The Morgan fingerprint density at radius 2 is 2.00 bits per heavy atom. The summed E-state index contributed by atoms with van der Waals surface area (Å²) in [5.74, 6) is -0.0645. The Morgan fingerprint density at radius 3 is 2.50 bits per heavy atom. The van der Waals surface area contributed by atoms with Gasteiger partial charge in [-0.25, -0.2) is 0 Å².